The largest absolute Gasteiger partial charge is 0.677 e. The Morgan fingerprint density at radius 3 is 1.23 bits per heavy atom. The maximum absolute atomic E-state index is 15.2. The lowest BCUT2D eigenvalue weighted by Crippen LogP contribution is -2.24. The number of fused-ring (bicyclic) bond motifs is 2. The molecular formula is C97H83B3F4N6O2. The molecule has 0 fully saturated rings. The minimum Gasteiger partial charge on any atom is -0.497 e. The Hall–Kier alpha value is -12.7. The van der Waals surface area contributed by atoms with Crippen molar-refractivity contribution >= 4 is 73.0 Å². The third kappa shape index (κ3) is 14.5. The number of hydrogen-bond acceptors (Lipinski definition) is 5. The first kappa shape index (κ1) is 76.1. The summed E-state index contributed by atoms with van der Waals surface area (Å²) in [5, 5.41) is 1.97. The van der Waals surface area contributed by atoms with Crippen LogP contribution >= 0.6 is 0 Å². The molecule has 0 spiro atoms. The fraction of sp³-hybridized carbons (Fsp3) is 0.186. The monoisotopic (exact) mass is 1470 g/mol. The summed E-state index contributed by atoms with van der Waals surface area (Å²) in [5.74, 6) is 29.4. The highest BCUT2D eigenvalue weighted by atomic mass is 19.2. The van der Waals surface area contributed by atoms with Crippen molar-refractivity contribution in [2.75, 3.05) is 14.2 Å². The number of benzene rings is 8. The van der Waals surface area contributed by atoms with E-state index < -0.39 is 21.7 Å². The molecule has 3 aromatic heterocycles. The maximum Gasteiger partial charge on any atom is 0.677 e. The van der Waals surface area contributed by atoms with Crippen LogP contribution in [-0.4, -0.2) is 66.9 Å². The number of aliphatic imine (C=N–C) groups is 3. The van der Waals surface area contributed by atoms with Crippen molar-refractivity contribution in [1.82, 2.24) is 13.4 Å². The van der Waals surface area contributed by atoms with Crippen LogP contribution in [-0.2, 0) is 12.8 Å². The molecule has 112 heavy (non-hydrogen) atoms. The van der Waals surface area contributed by atoms with Crippen molar-refractivity contribution in [2.45, 2.75) is 109 Å². The molecule has 8 aromatic carbocycles. The summed E-state index contributed by atoms with van der Waals surface area (Å²) in [6.07, 6.45) is 6.90. The molecule has 550 valence electrons. The predicted molar refractivity (Wildman–Crippen MR) is 458 cm³/mol. The van der Waals surface area contributed by atoms with Crippen LogP contribution in [0.15, 0.2) is 237 Å². The van der Waals surface area contributed by atoms with E-state index in [9.17, 15) is 0 Å². The average Bonchev–Trinajstić information content (AvgIpc) is 1.60. The highest BCUT2D eigenvalue weighted by Gasteiger charge is 2.35. The van der Waals surface area contributed by atoms with Crippen molar-refractivity contribution in [3.8, 4) is 81.0 Å². The smallest absolute Gasteiger partial charge is 0.497 e. The van der Waals surface area contributed by atoms with Crippen LogP contribution in [0.4, 0.5) is 17.3 Å². The molecule has 3 aliphatic rings. The standard InChI is InChI=1S/C97H83B3F4N6O2/c1-15-81-60(5)93(106-64(81)9)91(95-62(7)83(17-3)66(11)108(95)99(101)102)75-42-38-70(39-43-75)28-26-68-30-34-72(35-31-68)54-56-98(110-89(86-23-19-20-24-87(86)97(110)77-48-52-80(112-14)53-49-77)58-88-90-78(59-105-88)22-21-25-85(90)74-46-50-79(111-13)51-47-74)57-55-73-36-32-69(33-37-73)27-29-71-40-44-76(45-41-71)92(94-61(6)82(16-2)65(10)107-94)96-63(8)84(18-4)67(12)109(96)100(103)104/h19-25,30-53,58-59H,15-18H2,1-14H3/b88-58-,93-91-,94-92-. The van der Waals surface area contributed by atoms with Crippen molar-refractivity contribution in [2.24, 2.45) is 15.0 Å². The Morgan fingerprint density at radius 2 is 0.839 bits per heavy atom. The lowest BCUT2D eigenvalue weighted by Gasteiger charge is -2.17. The molecule has 11 aromatic rings. The zero-order valence-electron chi connectivity index (χ0n) is 65.6. The van der Waals surface area contributed by atoms with Gasteiger partial charge in [-0.15, -0.1) is 11.6 Å². The second kappa shape index (κ2) is 32.5. The van der Waals surface area contributed by atoms with Gasteiger partial charge in [-0.05, 0) is 269 Å². The molecule has 14 rings (SSSR count). The van der Waals surface area contributed by atoms with Crippen LogP contribution in [0, 0.1) is 74.9 Å². The number of nitrogens with zero attached hydrogens (tertiary/aromatic N) is 6. The SMILES string of the molecule is CCC1=C(C)/C(=C(\c2ccc(C#Cc3ccc(C#CB(C#Cc4ccc(C#Cc5ccc(/C(=C6/N=C(C)C(CC)=C6C)c6c(C)c(CC)c(C)n6B(F)F)cc5)cc4)n4c(/C=C5\N=Cc6cccc(-c7ccc(OC)cc7)c65)c5ccccc5c4-c4ccc(OC)cc4)cc3)cc2)c2c(C)c(CC)c(C)n2B(F)F)N=C1C. The summed E-state index contributed by atoms with van der Waals surface area (Å²) in [6, 6.07) is 62.2. The number of rotatable bonds is 16. The molecule has 0 unspecified atom stereocenters. The number of halogens is 4. The zero-order chi connectivity index (χ0) is 78.8. The van der Waals surface area contributed by atoms with E-state index >= 15 is 17.3 Å². The fourth-order valence-electron chi connectivity index (χ4n) is 16.4. The predicted octanol–water partition coefficient (Wildman–Crippen LogP) is 22.2. The highest BCUT2D eigenvalue weighted by molar-refractivity contribution is 6.75. The molecule has 0 saturated carbocycles. The Balaban J connectivity index is 0.841. The van der Waals surface area contributed by atoms with E-state index in [0.29, 0.717) is 63.9 Å². The molecule has 6 heterocycles. The van der Waals surface area contributed by atoms with E-state index in [0.717, 1.165) is 175 Å². The third-order valence-electron chi connectivity index (χ3n) is 22.0. The van der Waals surface area contributed by atoms with Gasteiger partial charge >= 0.3 is 21.7 Å². The molecule has 0 bridgehead atoms. The van der Waals surface area contributed by atoms with Crippen molar-refractivity contribution < 1.29 is 26.7 Å². The summed E-state index contributed by atoms with van der Waals surface area (Å²) in [5.41, 5.74) is 28.0. The third-order valence-corrected chi connectivity index (χ3v) is 22.0. The normalized spacial score (nSPS) is 14.1. The first-order chi connectivity index (χ1) is 54.2. The van der Waals surface area contributed by atoms with E-state index in [1.54, 1.807) is 28.1 Å². The number of methoxy groups -OCH3 is 2. The number of hydrogen-bond donors (Lipinski definition) is 0. The first-order valence-corrected chi connectivity index (χ1v) is 38.0. The van der Waals surface area contributed by atoms with Gasteiger partial charge in [0.25, 0.3) is 0 Å². The second-order valence-corrected chi connectivity index (χ2v) is 28.2. The molecule has 0 amide bonds. The van der Waals surface area contributed by atoms with E-state index in [4.69, 9.17) is 24.5 Å². The van der Waals surface area contributed by atoms with Gasteiger partial charge in [0.15, 0.2) is 0 Å². The molecule has 15 heteroatoms. The molecule has 8 nitrogen and oxygen atoms in total. The Morgan fingerprint density at radius 1 is 0.438 bits per heavy atom. The van der Waals surface area contributed by atoms with Gasteiger partial charge < -0.3 is 22.9 Å². The number of allylic oxidation sites excluding steroid dienone is 4. The molecule has 0 saturated heterocycles. The maximum atomic E-state index is 15.2. The number of ether oxygens (including phenoxy) is 2. The van der Waals surface area contributed by atoms with Crippen LogP contribution in [0.5, 0.6) is 11.5 Å². The van der Waals surface area contributed by atoms with Gasteiger partial charge in [-0.25, -0.2) is 0 Å². The van der Waals surface area contributed by atoms with Crippen molar-refractivity contribution in [3.63, 3.8) is 0 Å². The van der Waals surface area contributed by atoms with Gasteiger partial charge in [-0.1, -0.05) is 142 Å². The summed E-state index contributed by atoms with van der Waals surface area (Å²) >= 11 is 0. The minimum atomic E-state index is -2.74. The number of aromatic nitrogens is 3. The summed E-state index contributed by atoms with van der Waals surface area (Å²) in [4.78, 5) is 15.3. The lowest BCUT2D eigenvalue weighted by atomic mass is 9.62. The summed E-state index contributed by atoms with van der Waals surface area (Å²) in [6.45, 7) is 22.9. The van der Waals surface area contributed by atoms with E-state index in [1.807, 2.05) is 183 Å². The van der Waals surface area contributed by atoms with Gasteiger partial charge in [0.05, 0.1) is 31.3 Å². The van der Waals surface area contributed by atoms with Crippen LogP contribution in [0.25, 0.3) is 56.1 Å². The van der Waals surface area contributed by atoms with E-state index in [-0.39, 0.29) is 0 Å². The van der Waals surface area contributed by atoms with E-state index in [1.165, 1.54) is 8.96 Å². The van der Waals surface area contributed by atoms with Gasteiger partial charge in [-0.2, -0.15) is 0 Å². The summed E-state index contributed by atoms with van der Waals surface area (Å²) in [7, 11) is -2.15. The Bertz CT molecular complexity index is 5900. The summed E-state index contributed by atoms with van der Waals surface area (Å²) < 4.78 is 76.8. The van der Waals surface area contributed by atoms with Gasteiger partial charge in [0, 0.05) is 118 Å². The quantitative estimate of drug-likeness (QED) is 0.0549. The van der Waals surface area contributed by atoms with Crippen molar-refractivity contribution in [1.29, 1.82) is 0 Å². The van der Waals surface area contributed by atoms with Gasteiger partial charge in [-0.3, -0.25) is 32.2 Å². The van der Waals surface area contributed by atoms with E-state index in [2.05, 4.69) is 138 Å². The molecule has 0 atom stereocenters. The second-order valence-electron chi connectivity index (χ2n) is 28.2. The highest BCUT2D eigenvalue weighted by Crippen LogP contribution is 2.45. The Labute approximate surface area is 656 Å². The molecular weight excluding hydrogens is 1390 g/mol. The van der Waals surface area contributed by atoms with Gasteiger partial charge in [0.2, 0.25) is 0 Å². The fourth-order valence-corrected chi connectivity index (χ4v) is 16.4. The molecule has 0 N–H and O–H groups in total. The van der Waals surface area contributed by atoms with Crippen LogP contribution < -0.4 is 9.47 Å². The molecule has 0 aliphatic carbocycles. The zero-order valence-corrected chi connectivity index (χ0v) is 65.6. The van der Waals surface area contributed by atoms with Gasteiger partial charge in [0.1, 0.15) is 11.5 Å². The first-order valence-electron chi connectivity index (χ1n) is 38.0. The lowest BCUT2D eigenvalue weighted by molar-refractivity contribution is 0.415. The van der Waals surface area contributed by atoms with Crippen LogP contribution in [0.1, 0.15) is 175 Å². The van der Waals surface area contributed by atoms with Crippen LogP contribution in [0.3, 0.4) is 0 Å². The topological polar surface area (TPSA) is 70.3 Å². The minimum absolute atomic E-state index is 0.486. The Kier molecular flexibility index (Phi) is 22.1. The average molecular weight is 1470 g/mol. The molecule has 0 radical (unpaired) electrons. The van der Waals surface area contributed by atoms with Crippen molar-refractivity contribution in [3.05, 3.63) is 328 Å². The molecule has 3 aliphatic heterocycles. The van der Waals surface area contributed by atoms with Crippen LogP contribution in [0.2, 0.25) is 0 Å².